The quantitative estimate of drug-likeness (QED) is 0.679. The highest BCUT2D eigenvalue weighted by molar-refractivity contribution is 6.31. The Balaban J connectivity index is 2.00. The Bertz CT molecular complexity index is 875. The van der Waals surface area contributed by atoms with E-state index in [0.717, 1.165) is 0 Å². The smallest absolute Gasteiger partial charge is 0.253 e. The third kappa shape index (κ3) is 6.01. The minimum Gasteiger partial charge on any atom is -0.376 e. The number of benzene rings is 2. The van der Waals surface area contributed by atoms with Crippen LogP contribution in [0.3, 0.4) is 0 Å². The first-order valence-corrected chi connectivity index (χ1v) is 8.89. The molecular weight excluding hydrogens is 364 g/mol. The molecule has 0 fully saturated rings. The molecule has 3 N–H and O–H groups in total. The lowest BCUT2D eigenvalue weighted by molar-refractivity contribution is -0.114. The predicted octanol–water partition coefficient (Wildman–Crippen LogP) is 3.65. The van der Waals surface area contributed by atoms with Crippen molar-refractivity contribution in [3.63, 3.8) is 0 Å². The molecule has 7 heteroatoms. The van der Waals surface area contributed by atoms with E-state index < -0.39 is 0 Å². The fraction of sp³-hybridized carbons (Fsp3) is 0.250. The second kappa shape index (κ2) is 9.60. The molecule has 2 aromatic carbocycles. The third-order valence-electron chi connectivity index (χ3n) is 3.66. The molecule has 2 rings (SSSR count). The third-order valence-corrected chi connectivity index (χ3v) is 3.99. The second-order valence-electron chi connectivity index (χ2n) is 6.36. The standard InChI is InChI=1S/C20H21ClN4O2/c1-13(2)11-24-20(27)16-5-3-4-6-18(16)25-19(26)12-23-15-7-8-17(21)14(9-15)10-22/h3-9,13,23H,11-12H2,1-2H3,(H,24,27)(H,25,26). The molecule has 0 aliphatic rings. The fourth-order valence-corrected chi connectivity index (χ4v) is 2.44. The van der Waals surface area contributed by atoms with E-state index in [1.54, 1.807) is 42.5 Å². The zero-order chi connectivity index (χ0) is 19.8. The van der Waals surface area contributed by atoms with Gasteiger partial charge in [-0.25, -0.2) is 0 Å². The molecule has 6 nitrogen and oxygen atoms in total. The van der Waals surface area contributed by atoms with Crippen LogP contribution in [-0.2, 0) is 4.79 Å². The summed E-state index contributed by atoms with van der Waals surface area (Å²) >= 11 is 5.89. The van der Waals surface area contributed by atoms with Crippen LogP contribution < -0.4 is 16.0 Å². The number of nitrogens with zero attached hydrogens (tertiary/aromatic N) is 1. The minimum atomic E-state index is -0.312. The van der Waals surface area contributed by atoms with Gasteiger partial charge in [-0.3, -0.25) is 9.59 Å². The van der Waals surface area contributed by atoms with Gasteiger partial charge in [-0.15, -0.1) is 0 Å². The predicted molar refractivity (Wildman–Crippen MR) is 107 cm³/mol. The van der Waals surface area contributed by atoms with Gasteiger partial charge in [0, 0.05) is 12.2 Å². The Labute approximate surface area is 163 Å². The highest BCUT2D eigenvalue weighted by Gasteiger charge is 2.13. The molecule has 0 atom stereocenters. The van der Waals surface area contributed by atoms with Crippen molar-refractivity contribution in [3.8, 4) is 6.07 Å². The van der Waals surface area contributed by atoms with Crippen LogP contribution in [0.25, 0.3) is 0 Å². The average Bonchev–Trinajstić information content (AvgIpc) is 2.65. The van der Waals surface area contributed by atoms with Crippen LogP contribution in [0.5, 0.6) is 0 Å². The fourth-order valence-electron chi connectivity index (χ4n) is 2.28. The van der Waals surface area contributed by atoms with Crippen LogP contribution in [0, 0.1) is 17.2 Å². The van der Waals surface area contributed by atoms with Crippen molar-refractivity contribution in [2.24, 2.45) is 5.92 Å². The molecule has 0 saturated heterocycles. The molecule has 0 radical (unpaired) electrons. The highest BCUT2D eigenvalue weighted by atomic mass is 35.5. The second-order valence-corrected chi connectivity index (χ2v) is 6.76. The minimum absolute atomic E-state index is 0.0194. The maximum Gasteiger partial charge on any atom is 0.253 e. The number of para-hydroxylation sites is 1. The lowest BCUT2D eigenvalue weighted by Gasteiger charge is -2.13. The van der Waals surface area contributed by atoms with Gasteiger partial charge in [-0.1, -0.05) is 37.6 Å². The number of hydrogen-bond acceptors (Lipinski definition) is 4. The van der Waals surface area contributed by atoms with Crippen LogP contribution in [0.1, 0.15) is 29.8 Å². The van der Waals surface area contributed by atoms with E-state index >= 15 is 0 Å². The van der Waals surface area contributed by atoms with E-state index in [1.807, 2.05) is 19.9 Å². The van der Waals surface area contributed by atoms with Crippen molar-refractivity contribution in [1.82, 2.24) is 5.32 Å². The van der Waals surface area contributed by atoms with Gasteiger partial charge in [-0.2, -0.15) is 5.26 Å². The number of carbonyl (C=O) groups excluding carboxylic acids is 2. The van der Waals surface area contributed by atoms with Gasteiger partial charge in [0.05, 0.1) is 28.4 Å². The van der Waals surface area contributed by atoms with Crippen molar-refractivity contribution < 1.29 is 9.59 Å². The zero-order valence-electron chi connectivity index (χ0n) is 15.2. The van der Waals surface area contributed by atoms with Crippen molar-refractivity contribution in [1.29, 1.82) is 5.26 Å². The van der Waals surface area contributed by atoms with Gasteiger partial charge in [0.15, 0.2) is 0 Å². The van der Waals surface area contributed by atoms with Crippen LogP contribution in [0.15, 0.2) is 42.5 Å². The summed E-state index contributed by atoms with van der Waals surface area (Å²) in [4.78, 5) is 24.6. The zero-order valence-corrected chi connectivity index (χ0v) is 15.9. The van der Waals surface area contributed by atoms with E-state index in [2.05, 4.69) is 16.0 Å². The monoisotopic (exact) mass is 384 g/mol. The Morgan fingerprint density at radius 1 is 1.19 bits per heavy atom. The summed E-state index contributed by atoms with van der Waals surface area (Å²) in [7, 11) is 0. The Hall–Kier alpha value is -3.04. The molecule has 27 heavy (non-hydrogen) atoms. The summed E-state index contributed by atoms with van der Waals surface area (Å²) < 4.78 is 0. The van der Waals surface area contributed by atoms with Crippen molar-refractivity contribution in [2.75, 3.05) is 23.7 Å². The number of amides is 2. The molecule has 140 valence electrons. The Kier molecular flexibility index (Phi) is 7.21. The molecule has 0 heterocycles. The number of nitriles is 1. The van der Waals surface area contributed by atoms with Crippen LogP contribution in [0.2, 0.25) is 5.02 Å². The van der Waals surface area contributed by atoms with Crippen molar-refractivity contribution in [2.45, 2.75) is 13.8 Å². The van der Waals surface area contributed by atoms with Crippen LogP contribution in [0.4, 0.5) is 11.4 Å². The van der Waals surface area contributed by atoms with Gasteiger partial charge in [0.1, 0.15) is 6.07 Å². The Morgan fingerprint density at radius 2 is 1.93 bits per heavy atom. The molecule has 0 aliphatic carbocycles. The molecular formula is C20H21ClN4O2. The summed E-state index contributed by atoms with van der Waals surface area (Å²) in [6.07, 6.45) is 0. The van der Waals surface area contributed by atoms with Crippen LogP contribution >= 0.6 is 11.6 Å². The maximum absolute atomic E-state index is 12.3. The molecule has 2 amide bonds. The summed E-state index contributed by atoms with van der Waals surface area (Å²) in [5, 5.41) is 17.9. The molecule has 2 aromatic rings. The number of nitrogens with one attached hydrogen (secondary N) is 3. The van der Waals surface area contributed by atoms with Crippen molar-refractivity contribution in [3.05, 3.63) is 58.6 Å². The SMILES string of the molecule is CC(C)CNC(=O)c1ccccc1NC(=O)CNc1ccc(Cl)c(C#N)c1. The maximum atomic E-state index is 12.3. The van der Waals surface area contributed by atoms with E-state index in [0.29, 0.717) is 40.0 Å². The first-order valence-electron chi connectivity index (χ1n) is 8.51. The Morgan fingerprint density at radius 3 is 2.63 bits per heavy atom. The average molecular weight is 385 g/mol. The largest absolute Gasteiger partial charge is 0.376 e. The normalized spacial score (nSPS) is 10.2. The molecule has 0 aromatic heterocycles. The van der Waals surface area contributed by atoms with Gasteiger partial charge in [0.2, 0.25) is 5.91 Å². The van der Waals surface area contributed by atoms with Gasteiger partial charge >= 0.3 is 0 Å². The molecule has 0 aliphatic heterocycles. The number of carbonyl (C=O) groups is 2. The first-order chi connectivity index (χ1) is 12.9. The topological polar surface area (TPSA) is 94.0 Å². The summed E-state index contributed by atoms with van der Waals surface area (Å²) in [5.41, 5.74) is 1.78. The van der Waals surface area contributed by atoms with Gasteiger partial charge in [0.25, 0.3) is 5.91 Å². The molecule has 0 saturated carbocycles. The van der Waals surface area contributed by atoms with E-state index in [-0.39, 0.29) is 18.4 Å². The van der Waals surface area contributed by atoms with Gasteiger partial charge < -0.3 is 16.0 Å². The summed E-state index contributed by atoms with van der Waals surface area (Å²) in [6, 6.07) is 13.7. The van der Waals surface area contributed by atoms with Crippen LogP contribution in [-0.4, -0.2) is 24.9 Å². The van der Waals surface area contributed by atoms with E-state index in [1.165, 1.54) is 0 Å². The number of halogens is 1. The van der Waals surface area contributed by atoms with E-state index in [4.69, 9.17) is 16.9 Å². The number of rotatable bonds is 7. The van der Waals surface area contributed by atoms with Gasteiger partial charge in [-0.05, 0) is 36.2 Å². The lowest BCUT2D eigenvalue weighted by atomic mass is 10.1. The van der Waals surface area contributed by atoms with Crippen molar-refractivity contribution >= 4 is 34.8 Å². The van der Waals surface area contributed by atoms with E-state index in [9.17, 15) is 9.59 Å². The molecule has 0 bridgehead atoms. The number of anilines is 2. The molecule has 0 spiro atoms. The highest BCUT2D eigenvalue weighted by Crippen LogP contribution is 2.20. The molecule has 0 unspecified atom stereocenters. The lowest BCUT2D eigenvalue weighted by Crippen LogP contribution is -2.29. The number of hydrogen-bond donors (Lipinski definition) is 3. The first kappa shape index (κ1) is 20.3. The summed E-state index contributed by atoms with van der Waals surface area (Å²) in [6.45, 7) is 4.55. The summed E-state index contributed by atoms with van der Waals surface area (Å²) in [5.74, 6) is -0.214.